The lowest BCUT2D eigenvalue weighted by Gasteiger charge is -2.23. The summed E-state index contributed by atoms with van der Waals surface area (Å²) in [7, 11) is 0. The Hall–Kier alpha value is -0.890. The van der Waals surface area contributed by atoms with E-state index in [4.69, 9.17) is 43.4 Å². The Morgan fingerprint density at radius 2 is 0.814 bits per heavy atom. The largest absolute Gasteiger partial charge is 0.394 e. The molecule has 11 nitrogen and oxygen atoms in total. The molecule has 0 heterocycles. The lowest BCUT2D eigenvalue weighted by atomic mass is 10.1. The summed E-state index contributed by atoms with van der Waals surface area (Å²) in [5, 5.41) is 17.3. The summed E-state index contributed by atoms with van der Waals surface area (Å²) >= 11 is 0. The molecule has 0 aliphatic heterocycles. The molecule has 0 aromatic heterocycles. The highest BCUT2D eigenvalue weighted by atomic mass is 16.6. The van der Waals surface area contributed by atoms with Crippen LogP contribution < -0.4 is 0 Å². The molecule has 11 heteroatoms. The number of hydrogen-bond acceptors (Lipinski definition) is 10. The third-order valence-electron chi connectivity index (χ3n) is 6.65. The second-order valence-electron chi connectivity index (χ2n) is 10.4. The lowest BCUT2D eigenvalue weighted by Crippen LogP contribution is -2.35. The van der Waals surface area contributed by atoms with Crippen LogP contribution in [0.2, 0.25) is 0 Å². The van der Waals surface area contributed by atoms with Crippen LogP contribution in [-0.2, 0) is 38.0 Å². The van der Waals surface area contributed by atoms with Gasteiger partial charge in [-0.2, -0.15) is 0 Å². The van der Waals surface area contributed by atoms with Crippen LogP contribution in [0.5, 0.6) is 0 Å². The predicted molar refractivity (Wildman–Crippen MR) is 168 cm³/mol. The number of aliphatic hydroxyl groups is 2. The molecule has 0 aliphatic rings. The van der Waals surface area contributed by atoms with Gasteiger partial charge < -0.3 is 48.3 Å². The van der Waals surface area contributed by atoms with Gasteiger partial charge in [-0.15, -0.1) is 0 Å². The zero-order chi connectivity index (χ0) is 31.3. The Kier molecular flexibility index (Phi) is 36.5. The fourth-order valence-electron chi connectivity index (χ4n) is 4.25. The van der Waals surface area contributed by atoms with Crippen LogP contribution >= 0.6 is 0 Å². The maximum absolute atomic E-state index is 13.0. The number of rotatable bonds is 37. The molecule has 258 valence electrons. The first kappa shape index (κ1) is 42.1. The van der Waals surface area contributed by atoms with Crippen LogP contribution in [0.4, 0.5) is 0 Å². The van der Waals surface area contributed by atoms with Gasteiger partial charge in [0.1, 0.15) is 0 Å². The molecule has 0 spiro atoms. The Bertz CT molecular complexity index is 544. The Labute approximate surface area is 261 Å². The number of aliphatic hydroxyl groups excluding tert-OH is 2. The molecule has 0 rings (SSSR count). The summed E-state index contributed by atoms with van der Waals surface area (Å²) in [6.07, 6.45) is 13.8. The highest BCUT2D eigenvalue weighted by Crippen LogP contribution is 2.12. The molecular formula is C32H65NO10. The van der Waals surface area contributed by atoms with Gasteiger partial charge in [0.15, 0.2) is 0 Å². The van der Waals surface area contributed by atoms with Crippen molar-refractivity contribution >= 4 is 5.91 Å². The van der Waals surface area contributed by atoms with E-state index >= 15 is 0 Å². The molecule has 0 aromatic carbocycles. The second kappa shape index (κ2) is 37.3. The van der Waals surface area contributed by atoms with Crippen molar-refractivity contribution in [1.29, 1.82) is 0 Å². The van der Waals surface area contributed by atoms with Crippen molar-refractivity contribution in [2.45, 2.75) is 84.0 Å². The highest BCUT2D eigenvalue weighted by molar-refractivity contribution is 5.76. The van der Waals surface area contributed by atoms with Gasteiger partial charge in [0.05, 0.1) is 99.1 Å². The summed E-state index contributed by atoms with van der Waals surface area (Å²) in [5.41, 5.74) is 0. The van der Waals surface area contributed by atoms with Crippen LogP contribution in [-0.4, -0.2) is 140 Å². The fraction of sp³-hybridized carbons (Fsp3) is 0.969. The summed E-state index contributed by atoms with van der Waals surface area (Å²) in [6, 6.07) is 0. The lowest BCUT2D eigenvalue weighted by molar-refractivity contribution is -0.132. The van der Waals surface area contributed by atoms with Crippen LogP contribution in [0.15, 0.2) is 0 Å². The first-order valence-electron chi connectivity index (χ1n) is 16.8. The number of nitrogens with zero attached hydrogens (tertiary/aromatic N) is 1. The molecule has 0 unspecified atom stereocenters. The zero-order valence-corrected chi connectivity index (χ0v) is 27.3. The van der Waals surface area contributed by atoms with Gasteiger partial charge in [-0.05, 0) is 12.8 Å². The van der Waals surface area contributed by atoms with Crippen molar-refractivity contribution in [2.75, 3.05) is 119 Å². The molecule has 0 bridgehead atoms. The Morgan fingerprint density at radius 1 is 0.442 bits per heavy atom. The van der Waals surface area contributed by atoms with Crippen molar-refractivity contribution in [1.82, 2.24) is 4.90 Å². The highest BCUT2D eigenvalue weighted by Gasteiger charge is 2.13. The van der Waals surface area contributed by atoms with E-state index in [1.54, 1.807) is 0 Å². The third kappa shape index (κ3) is 33.8. The maximum atomic E-state index is 13.0. The molecule has 0 radical (unpaired) electrons. The minimum Gasteiger partial charge on any atom is -0.394 e. The molecular weight excluding hydrogens is 558 g/mol. The van der Waals surface area contributed by atoms with Crippen LogP contribution in [0.25, 0.3) is 0 Å². The average Bonchev–Trinajstić information content (AvgIpc) is 3.01. The zero-order valence-electron chi connectivity index (χ0n) is 27.3. The molecule has 0 saturated heterocycles. The number of carbonyl (C=O) groups is 1. The first-order chi connectivity index (χ1) is 21.3. The Morgan fingerprint density at radius 3 is 1.26 bits per heavy atom. The Balaban J connectivity index is 4.05. The monoisotopic (exact) mass is 623 g/mol. The van der Waals surface area contributed by atoms with Gasteiger partial charge in [-0.25, -0.2) is 0 Å². The van der Waals surface area contributed by atoms with Crippen LogP contribution in [0.1, 0.15) is 84.0 Å². The van der Waals surface area contributed by atoms with E-state index < -0.39 is 0 Å². The molecule has 0 aromatic rings. The van der Waals surface area contributed by atoms with Gasteiger partial charge >= 0.3 is 0 Å². The SMILES string of the molecule is CCCCCCCCCCCCC(=O)N(CCCOCCOCCOCCO)CCOCCOCCOCCOCCO. The third-order valence-corrected chi connectivity index (χ3v) is 6.65. The summed E-state index contributed by atoms with van der Waals surface area (Å²) in [6.45, 7) is 9.94. The number of unbranched alkanes of at least 4 members (excludes halogenated alkanes) is 9. The minimum absolute atomic E-state index is 0.0171. The minimum atomic E-state index is 0.0171. The summed E-state index contributed by atoms with van der Waals surface area (Å²) in [5.74, 6) is 0.186. The van der Waals surface area contributed by atoms with Crippen molar-refractivity contribution in [3.8, 4) is 0 Å². The molecule has 43 heavy (non-hydrogen) atoms. The van der Waals surface area contributed by atoms with E-state index in [0.717, 1.165) is 19.3 Å². The van der Waals surface area contributed by atoms with Crippen molar-refractivity contribution in [2.24, 2.45) is 0 Å². The van der Waals surface area contributed by atoms with Gasteiger partial charge in [0.2, 0.25) is 5.91 Å². The van der Waals surface area contributed by atoms with Crippen molar-refractivity contribution in [3.05, 3.63) is 0 Å². The number of ether oxygens (including phenoxy) is 7. The number of hydrogen-bond donors (Lipinski definition) is 2. The first-order valence-corrected chi connectivity index (χ1v) is 16.8. The van der Waals surface area contributed by atoms with E-state index in [1.165, 1.54) is 51.4 Å². The van der Waals surface area contributed by atoms with E-state index in [-0.39, 0.29) is 19.1 Å². The van der Waals surface area contributed by atoms with Crippen LogP contribution in [0, 0.1) is 0 Å². The molecule has 1 amide bonds. The molecule has 0 saturated carbocycles. The van der Waals surface area contributed by atoms with Gasteiger partial charge in [0, 0.05) is 26.1 Å². The molecule has 2 N–H and O–H groups in total. The number of amides is 1. The molecule has 0 fully saturated rings. The van der Waals surface area contributed by atoms with Crippen molar-refractivity contribution < 1.29 is 48.2 Å². The standard InChI is InChI=1S/C32H65NO10/c1-2-3-4-5-6-7-8-9-10-11-13-32(36)33(14-12-18-37-22-26-41-28-24-39-20-16-34)15-19-38-23-27-42-30-31-43-29-25-40-21-17-35/h34-35H,2-31H2,1H3. The smallest absolute Gasteiger partial charge is 0.222 e. The van der Waals surface area contributed by atoms with E-state index in [9.17, 15) is 4.79 Å². The van der Waals surface area contributed by atoms with E-state index in [2.05, 4.69) is 6.92 Å². The van der Waals surface area contributed by atoms with Gasteiger partial charge in [-0.1, -0.05) is 64.7 Å². The predicted octanol–water partition coefficient (Wildman–Crippen LogP) is 3.62. The number of carbonyl (C=O) groups excluding carboxylic acids is 1. The van der Waals surface area contributed by atoms with Gasteiger partial charge in [0.25, 0.3) is 0 Å². The van der Waals surface area contributed by atoms with E-state index in [0.29, 0.717) is 112 Å². The molecule has 0 atom stereocenters. The average molecular weight is 624 g/mol. The molecule has 0 aliphatic carbocycles. The van der Waals surface area contributed by atoms with Crippen molar-refractivity contribution in [3.63, 3.8) is 0 Å². The normalized spacial score (nSPS) is 11.4. The van der Waals surface area contributed by atoms with E-state index in [1.807, 2.05) is 4.90 Å². The fourth-order valence-corrected chi connectivity index (χ4v) is 4.25. The van der Waals surface area contributed by atoms with Crippen LogP contribution in [0.3, 0.4) is 0 Å². The van der Waals surface area contributed by atoms with Gasteiger partial charge in [-0.3, -0.25) is 4.79 Å². The summed E-state index contributed by atoms with van der Waals surface area (Å²) < 4.78 is 38.0. The quantitative estimate of drug-likeness (QED) is 0.0992. The maximum Gasteiger partial charge on any atom is 0.222 e. The second-order valence-corrected chi connectivity index (χ2v) is 10.4. The topological polar surface area (TPSA) is 125 Å². The summed E-state index contributed by atoms with van der Waals surface area (Å²) in [4.78, 5) is 14.9.